The summed E-state index contributed by atoms with van der Waals surface area (Å²) in [4.78, 5) is 1.33. The van der Waals surface area contributed by atoms with Crippen LogP contribution in [0.3, 0.4) is 0 Å². The number of nitrogens with one attached hydrogen (secondary N) is 1. The lowest BCUT2D eigenvalue weighted by Crippen LogP contribution is -2.26. The maximum atomic E-state index is 12.2. The number of hydrogen-bond acceptors (Lipinski definition) is 4. The van der Waals surface area contributed by atoms with Crippen LogP contribution < -0.4 is 9.46 Å². The van der Waals surface area contributed by atoms with Crippen molar-refractivity contribution in [1.82, 2.24) is 4.72 Å². The third kappa shape index (κ3) is 3.56. The zero-order valence-electron chi connectivity index (χ0n) is 10.5. The molecule has 4 nitrogen and oxygen atoms in total. The van der Waals surface area contributed by atoms with Crippen LogP contribution in [-0.4, -0.2) is 22.1 Å². The number of hydrogen-bond donors (Lipinski definition) is 1. The van der Waals surface area contributed by atoms with Crippen LogP contribution in [-0.2, 0) is 16.4 Å². The monoisotopic (exact) mass is 297 g/mol. The number of rotatable bonds is 6. The predicted octanol–water partition coefficient (Wildman–Crippen LogP) is 2.28. The molecular formula is C13H15NO3S2. The molecule has 0 spiro atoms. The average molecular weight is 297 g/mol. The molecule has 0 amide bonds. The van der Waals surface area contributed by atoms with E-state index in [9.17, 15) is 8.42 Å². The highest BCUT2D eigenvalue weighted by molar-refractivity contribution is 7.89. The Hall–Kier alpha value is -1.37. The normalized spacial score (nSPS) is 11.4. The number of ether oxygens (including phenoxy) is 1. The second kappa shape index (κ2) is 6.18. The zero-order chi connectivity index (χ0) is 13.7. The van der Waals surface area contributed by atoms with E-state index in [-0.39, 0.29) is 4.90 Å². The van der Waals surface area contributed by atoms with Gasteiger partial charge in [0.05, 0.1) is 7.11 Å². The van der Waals surface area contributed by atoms with Gasteiger partial charge in [0.15, 0.2) is 0 Å². The molecule has 0 aliphatic rings. The van der Waals surface area contributed by atoms with E-state index >= 15 is 0 Å². The molecule has 2 aromatic rings. The fourth-order valence-corrected chi connectivity index (χ4v) is 3.59. The van der Waals surface area contributed by atoms with E-state index in [4.69, 9.17) is 4.74 Å². The summed E-state index contributed by atoms with van der Waals surface area (Å²) < 4.78 is 32.0. The minimum Gasteiger partial charge on any atom is -0.495 e. The Labute approximate surface area is 117 Å². The Bertz CT molecular complexity index is 621. The average Bonchev–Trinajstić information content (AvgIpc) is 2.91. The number of thiophene rings is 1. The van der Waals surface area contributed by atoms with E-state index in [1.165, 1.54) is 13.2 Å². The molecule has 0 saturated heterocycles. The van der Waals surface area contributed by atoms with Gasteiger partial charge >= 0.3 is 0 Å². The third-order valence-corrected chi connectivity index (χ3v) is 5.04. The lowest BCUT2D eigenvalue weighted by Gasteiger charge is -2.09. The van der Waals surface area contributed by atoms with Gasteiger partial charge in [0.25, 0.3) is 0 Å². The topological polar surface area (TPSA) is 55.4 Å². The highest BCUT2D eigenvalue weighted by Crippen LogP contribution is 2.22. The molecule has 0 saturated carbocycles. The van der Waals surface area contributed by atoms with Gasteiger partial charge in [-0.1, -0.05) is 18.2 Å². The van der Waals surface area contributed by atoms with Crippen LogP contribution in [0.1, 0.15) is 4.88 Å². The molecule has 19 heavy (non-hydrogen) atoms. The van der Waals surface area contributed by atoms with Crippen molar-refractivity contribution in [3.8, 4) is 5.75 Å². The molecule has 0 aliphatic heterocycles. The molecule has 2 rings (SSSR count). The summed E-state index contributed by atoms with van der Waals surface area (Å²) in [6.45, 7) is 0.376. The van der Waals surface area contributed by atoms with Crippen LogP contribution in [0.15, 0.2) is 46.7 Å². The van der Waals surface area contributed by atoms with Gasteiger partial charge in [0.1, 0.15) is 10.6 Å². The minimum atomic E-state index is -3.53. The van der Waals surface area contributed by atoms with Gasteiger partial charge in [-0.2, -0.15) is 0 Å². The fraction of sp³-hybridized carbons (Fsp3) is 0.231. The van der Waals surface area contributed by atoms with Crippen LogP contribution in [0.5, 0.6) is 5.75 Å². The number of para-hydroxylation sites is 1. The second-order valence-corrected chi connectivity index (χ2v) is 6.65. The molecule has 0 fully saturated rings. The summed E-state index contributed by atoms with van der Waals surface area (Å²) in [7, 11) is -2.07. The molecule has 1 aromatic heterocycles. The first-order chi connectivity index (χ1) is 9.13. The van der Waals surface area contributed by atoms with E-state index < -0.39 is 10.0 Å². The van der Waals surface area contributed by atoms with E-state index in [1.54, 1.807) is 29.5 Å². The quantitative estimate of drug-likeness (QED) is 0.890. The van der Waals surface area contributed by atoms with Gasteiger partial charge in [0, 0.05) is 11.4 Å². The predicted molar refractivity (Wildman–Crippen MR) is 76.2 cm³/mol. The summed E-state index contributed by atoms with van der Waals surface area (Å²) in [6, 6.07) is 10.5. The lowest BCUT2D eigenvalue weighted by molar-refractivity contribution is 0.402. The van der Waals surface area contributed by atoms with Crippen molar-refractivity contribution in [1.29, 1.82) is 0 Å². The second-order valence-electron chi connectivity index (χ2n) is 3.88. The summed E-state index contributed by atoms with van der Waals surface area (Å²) in [5.41, 5.74) is 0. The third-order valence-electron chi connectivity index (χ3n) is 2.60. The highest BCUT2D eigenvalue weighted by atomic mass is 32.2. The Kier molecular flexibility index (Phi) is 4.57. The van der Waals surface area contributed by atoms with Crippen molar-refractivity contribution in [3.63, 3.8) is 0 Å². The van der Waals surface area contributed by atoms with Crippen molar-refractivity contribution in [3.05, 3.63) is 46.7 Å². The van der Waals surface area contributed by atoms with Crippen LogP contribution in [0.25, 0.3) is 0 Å². The summed E-state index contributed by atoms with van der Waals surface area (Å²) >= 11 is 1.62. The largest absolute Gasteiger partial charge is 0.495 e. The zero-order valence-corrected chi connectivity index (χ0v) is 12.1. The van der Waals surface area contributed by atoms with Crippen molar-refractivity contribution < 1.29 is 13.2 Å². The van der Waals surface area contributed by atoms with Crippen LogP contribution >= 0.6 is 11.3 Å². The first-order valence-corrected chi connectivity index (χ1v) is 8.15. The van der Waals surface area contributed by atoms with Crippen LogP contribution in [0, 0.1) is 0 Å². The Morgan fingerprint density at radius 3 is 2.68 bits per heavy atom. The molecular weight excluding hydrogens is 282 g/mol. The Morgan fingerprint density at radius 1 is 1.21 bits per heavy atom. The molecule has 0 atom stereocenters. The molecule has 1 aromatic carbocycles. The molecule has 0 unspecified atom stereocenters. The summed E-state index contributed by atoms with van der Waals surface area (Å²) in [6.07, 6.45) is 0.687. The van der Waals surface area contributed by atoms with Gasteiger partial charge in [-0.3, -0.25) is 0 Å². The number of sulfonamides is 1. The van der Waals surface area contributed by atoms with Gasteiger partial charge in [0.2, 0.25) is 10.0 Å². The molecule has 0 radical (unpaired) electrons. The highest BCUT2D eigenvalue weighted by Gasteiger charge is 2.18. The smallest absolute Gasteiger partial charge is 0.244 e. The molecule has 1 N–H and O–H groups in total. The first kappa shape index (κ1) is 14.0. The van der Waals surface area contributed by atoms with Gasteiger partial charge < -0.3 is 4.74 Å². The van der Waals surface area contributed by atoms with E-state index in [0.29, 0.717) is 18.7 Å². The minimum absolute atomic E-state index is 0.170. The molecule has 1 heterocycles. The maximum absolute atomic E-state index is 12.2. The molecule has 6 heteroatoms. The van der Waals surface area contributed by atoms with E-state index in [1.807, 2.05) is 17.5 Å². The van der Waals surface area contributed by atoms with Gasteiger partial charge in [-0.25, -0.2) is 13.1 Å². The van der Waals surface area contributed by atoms with Crippen LogP contribution in [0.2, 0.25) is 0 Å². The Morgan fingerprint density at radius 2 is 2.00 bits per heavy atom. The standard InChI is InChI=1S/C13H15NO3S2/c1-17-12-6-2-3-7-13(12)19(15,16)14-9-8-11-5-4-10-18-11/h2-7,10,14H,8-9H2,1H3. The van der Waals surface area contributed by atoms with Crippen molar-refractivity contribution >= 4 is 21.4 Å². The van der Waals surface area contributed by atoms with Crippen molar-refractivity contribution in [2.75, 3.05) is 13.7 Å². The molecule has 102 valence electrons. The van der Waals surface area contributed by atoms with Gasteiger partial charge in [-0.05, 0) is 30.0 Å². The summed E-state index contributed by atoms with van der Waals surface area (Å²) in [5, 5.41) is 1.98. The maximum Gasteiger partial charge on any atom is 0.244 e. The molecule has 0 aliphatic carbocycles. The number of benzene rings is 1. The van der Waals surface area contributed by atoms with E-state index in [0.717, 1.165) is 4.88 Å². The number of methoxy groups -OCH3 is 1. The van der Waals surface area contributed by atoms with E-state index in [2.05, 4.69) is 4.72 Å². The SMILES string of the molecule is COc1ccccc1S(=O)(=O)NCCc1cccs1. The van der Waals surface area contributed by atoms with Crippen molar-refractivity contribution in [2.24, 2.45) is 0 Å². The van der Waals surface area contributed by atoms with Crippen molar-refractivity contribution in [2.45, 2.75) is 11.3 Å². The van der Waals surface area contributed by atoms with Crippen LogP contribution in [0.4, 0.5) is 0 Å². The Balaban J connectivity index is 2.05. The molecule has 0 bridgehead atoms. The fourth-order valence-electron chi connectivity index (χ4n) is 1.68. The first-order valence-electron chi connectivity index (χ1n) is 5.78. The lowest BCUT2D eigenvalue weighted by atomic mass is 10.3. The summed E-state index contributed by atoms with van der Waals surface area (Å²) in [5.74, 6) is 0.353. The van der Waals surface area contributed by atoms with Gasteiger partial charge in [-0.15, -0.1) is 11.3 Å².